The summed E-state index contributed by atoms with van der Waals surface area (Å²) in [5.41, 5.74) is 1.18. The first-order valence-electron chi connectivity index (χ1n) is 6.86. The second-order valence-electron chi connectivity index (χ2n) is 4.97. The number of hydrogen-bond donors (Lipinski definition) is 1. The van der Waals surface area contributed by atoms with E-state index in [1.165, 1.54) is 23.1 Å². The van der Waals surface area contributed by atoms with E-state index in [4.69, 9.17) is 0 Å². The lowest BCUT2D eigenvalue weighted by molar-refractivity contribution is -0.109. The molecule has 114 valence electrons. The van der Waals surface area contributed by atoms with E-state index in [0.717, 1.165) is 23.9 Å². The smallest absolute Gasteiger partial charge is 0.275 e. The van der Waals surface area contributed by atoms with Gasteiger partial charge in [-0.15, -0.1) is 11.3 Å². The SMILES string of the molecule is CC(=O)SC1CN(c2nc(C(=O)Nc3ccccc3)cs2)C1. The summed E-state index contributed by atoms with van der Waals surface area (Å²) in [5.74, 6) is -0.205. The first-order chi connectivity index (χ1) is 10.6. The molecule has 0 radical (unpaired) electrons. The number of nitrogens with one attached hydrogen (secondary N) is 1. The lowest BCUT2D eigenvalue weighted by Crippen LogP contribution is -2.49. The van der Waals surface area contributed by atoms with Gasteiger partial charge >= 0.3 is 0 Å². The Balaban J connectivity index is 1.58. The van der Waals surface area contributed by atoms with Crippen LogP contribution in [0.3, 0.4) is 0 Å². The maximum Gasteiger partial charge on any atom is 0.275 e. The molecule has 1 aliphatic rings. The minimum Gasteiger partial charge on any atom is -0.346 e. The number of para-hydroxylation sites is 1. The van der Waals surface area contributed by atoms with Gasteiger partial charge in [0, 0.05) is 36.3 Å². The maximum absolute atomic E-state index is 12.1. The van der Waals surface area contributed by atoms with Crippen molar-refractivity contribution in [2.75, 3.05) is 23.3 Å². The third kappa shape index (κ3) is 3.48. The molecule has 1 aromatic carbocycles. The zero-order chi connectivity index (χ0) is 15.5. The van der Waals surface area contributed by atoms with E-state index >= 15 is 0 Å². The van der Waals surface area contributed by atoms with Crippen LogP contribution in [-0.4, -0.2) is 34.3 Å². The van der Waals surface area contributed by atoms with Gasteiger partial charge in [-0.05, 0) is 12.1 Å². The van der Waals surface area contributed by atoms with Crippen LogP contribution in [0, 0.1) is 0 Å². The molecule has 0 aliphatic carbocycles. The summed E-state index contributed by atoms with van der Waals surface area (Å²) in [5, 5.41) is 5.90. The van der Waals surface area contributed by atoms with Gasteiger partial charge in [0.15, 0.2) is 10.2 Å². The topological polar surface area (TPSA) is 62.3 Å². The molecule has 2 aromatic rings. The highest BCUT2D eigenvalue weighted by atomic mass is 32.2. The predicted octanol–water partition coefficient (Wildman–Crippen LogP) is 2.86. The monoisotopic (exact) mass is 333 g/mol. The van der Waals surface area contributed by atoms with Gasteiger partial charge in [-0.25, -0.2) is 4.98 Å². The standard InChI is InChI=1S/C15H15N3O2S2/c1-10(19)22-12-7-18(8-12)15-17-13(9-21-15)14(20)16-11-5-3-2-4-6-11/h2-6,9,12H,7-8H2,1H3,(H,16,20). The number of benzene rings is 1. The number of rotatable bonds is 4. The Morgan fingerprint density at radius 1 is 1.32 bits per heavy atom. The molecular weight excluding hydrogens is 318 g/mol. The highest BCUT2D eigenvalue weighted by Crippen LogP contribution is 2.30. The van der Waals surface area contributed by atoms with Crippen molar-refractivity contribution < 1.29 is 9.59 Å². The van der Waals surface area contributed by atoms with Crippen molar-refractivity contribution in [1.29, 1.82) is 0 Å². The van der Waals surface area contributed by atoms with Crippen molar-refractivity contribution >= 4 is 44.9 Å². The third-order valence-corrected chi connectivity index (χ3v) is 5.07. The Morgan fingerprint density at radius 3 is 2.73 bits per heavy atom. The van der Waals surface area contributed by atoms with Crippen LogP contribution in [0.25, 0.3) is 0 Å². The second kappa shape index (κ2) is 6.50. The first-order valence-corrected chi connectivity index (χ1v) is 8.62. The van der Waals surface area contributed by atoms with Gasteiger partial charge in [0.2, 0.25) is 0 Å². The quantitative estimate of drug-likeness (QED) is 0.932. The van der Waals surface area contributed by atoms with Crippen LogP contribution >= 0.6 is 23.1 Å². The van der Waals surface area contributed by atoms with Crippen LogP contribution < -0.4 is 10.2 Å². The fraction of sp³-hybridized carbons (Fsp3) is 0.267. The Labute approximate surface area is 136 Å². The fourth-order valence-corrected chi connectivity index (χ4v) is 3.94. The van der Waals surface area contributed by atoms with Gasteiger partial charge in [-0.3, -0.25) is 9.59 Å². The maximum atomic E-state index is 12.1. The number of thiazole rings is 1. The summed E-state index contributed by atoms with van der Waals surface area (Å²) >= 11 is 2.82. The predicted molar refractivity (Wildman–Crippen MR) is 90.8 cm³/mol. The van der Waals surface area contributed by atoms with Crippen LogP contribution in [-0.2, 0) is 4.79 Å². The zero-order valence-corrected chi connectivity index (χ0v) is 13.6. The summed E-state index contributed by atoms with van der Waals surface area (Å²) in [6, 6.07) is 9.31. The van der Waals surface area contributed by atoms with Crippen LogP contribution in [0.1, 0.15) is 17.4 Å². The largest absolute Gasteiger partial charge is 0.346 e. The van der Waals surface area contributed by atoms with E-state index in [1.807, 2.05) is 30.3 Å². The Morgan fingerprint density at radius 2 is 2.05 bits per heavy atom. The molecule has 1 fully saturated rings. The second-order valence-corrected chi connectivity index (χ2v) is 7.29. The van der Waals surface area contributed by atoms with Gasteiger partial charge in [0.25, 0.3) is 5.91 Å². The molecule has 5 nitrogen and oxygen atoms in total. The van der Waals surface area contributed by atoms with E-state index < -0.39 is 0 Å². The van der Waals surface area contributed by atoms with Crippen LogP contribution in [0.5, 0.6) is 0 Å². The van der Waals surface area contributed by atoms with Crippen molar-refractivity contribution in [2.45, 2.75) is 12.2 Å². The van der Waals surface area contributed by atoms with Crippen molar-refractivity contribution in [2.24, 2.45) is 0 Å². The Kier molecular flexibility index (Phi) is 4.44. The van der Waals surface area contributed by atoms with Gasteiger partial charge in [0.05, 0.1) is 0 Å². The number of thioether (sulfide) groups is 1. The molecule has 0 atom stereocenters. The highest BCUT2D eigenvalue weighted by Gasteiger charge is 2.30. The number of anilines is 2. The molecule has 3 rings (SSSR count). The van der Waals surface area contributed by atoms with Gasteiger partial charge in [-0.1, -0.05) is 30.0 Å². The molecule has 22 heavy (non-hydrogen) atoms. The zero-order valence-electron chi connectivity index (χ0n) is 12.0. The summed E-state index contributed by atoms with van der Waals surface area (Å²) in [6.07, 6.45) is 0. The van der Waals surface area contributed by atoms with Crippen molar-refractivity contribution in [3.8, 4) is 0 Å². The van der Waals surface area contributed by atoms with Gasteiger partial charge in [0.1, 0.15) is 5.69 Å². The lowest BCUT2D eigenvalue weighted by atomic mass is 10.2. The molecular formula is C15H15N3O2S2. The molecule has 1 saturated heterocycles. The Bertz CT molecular complexity index is 681. The number of aromatic nitrogens is 1. The van der Waals surface area contributed by atoms with E-state index in [9.17, 15) is 9.59 Å². The number of carbonyl (C=O) groups excluding carboxylic acids is 2. The lowest BCUT2D eigenvalue weighted by Gasteiger charge is -2.37. The van der Waals surface area contributed by atoms with Crippen LogP contribution in [0.4, 0.5) is 10.8 Å². The van der Waals surface area contributed by atoms with Gasteiger partial charge in [-0.2, -0.15) is 0 Å². The number of amides is 1. The Hall–Kier alpha value is -1.86. The molecule has 0 spiro atoms. The summed E-state index contributed by atoms with van der Waals surface area (Å²) in [6.45, 7) is 3.19. The van der Waals surface area contributed by atoms with E-state index in [2.05, 4.69) is 15.2 Å². The van der Waals surface area contributed by atoms with E-state index in [-0.39, 0.29) is 11.0 Å². The van der Waals surface area contributed by atoms with E-state index in [1.54, 1.807) is 12.3 Å². The minimum absolute atomic E-state index is 0.145. The fourth-order valence-electron chi connectivity index (χ4n) is 2.13. The number of hydrogen-bond acceptors (Lipinski definition) is 6. The van der Waals surface area contributed by atoms with Crippen molar-refractivity contribution in [3.63, 3.8) is 0 Å². The van der Waals surface area contributed by atoms with Crippen LogP contribution in [0.15, 0.2) is 35.7 Å². The highest BCUT2D eigenvalue weighted by molar-refractivity contribution is 8.14. The number of carbonyl (C=O) groups is 2. The normalized spacial score (nSPS) is 14.5. The van der Waals surface area contributed by atoms with Gasteiger partial charge < -0.3 is 10.2 Å². The average molecular weight is 333 g/mol. The minimum atomic E-state index is -0.205. The van der Waals surface area contributed by atoms with Crippen molar-refractivity contribution in [3.05, 3.63) is 41.4 Å². The number of nitrogens with zero attached hydrogens (tertiary/aromatic N) is 2. The molecule has 2 heterocycles. The molecule has 1 amide bonds. The molecule has 0 unspecified atom stereocenters. The summed E-state index contributed by atoms with van der Waals surface area (Å²) < 4.78 is 0. The summed E-state index contributed by atoms with van der Waals surface area (Å²) in [7, 11) is 0. The first kappa shape index (κ1) is 15.1. The van der Waals surface area contributed by atoms with Crippen LogP contribution in [0.2, 0.25) is 0 Å². The van der Waals surface area contributed by atoms with E-state index in [0.29, 0.717) is 10.9 Å². The molecule has 1 N–H and O–H groups in total. The molecule has 7 heteroatoms. The molecule has 0 saturated carbocycles. The molecule has 1 aliphatic heterocycles. The average Bonchev–Trinajstić information content (AvgIpc) is 2.92. The third-order valence-electron chi connectivity index (χ3n) is 3.21. The van der Waals surface area contributed by atoms with Crippen molar-refractivity contribution in [1.82, 2.24) is 4.98 Å². The summed E-state index contributed by atoms with van der Waals surface area (Å²) in [4.78, 5) is 29.6. The molecule has 1 aromatic heterocycles. The molecule has 0 bridgehead atoms.